The van der Waals surface area contributed by atoms with Crippen LogP contribution in [0.3, 0.4) is 0 Å². The van der Waals surface area contributed by atoms with Crippen LogP contribution in [0, 0.1) is 0 Å². The van der Waals surface area contributed by atoms with E-state index in [4.69, 9.17) is 23.7 Å². The molecule has 81 heavy (non-hydrogen) atoms. The Morgan fingerprint density at radius 1 is 0.432 bits per heavy atom. The van der Waals surface area contributed by atoms with Gasteiger partial charge in [-0.1, -0.05) is 218 Å². The van der Waals surface area contributed by atoms with E-state index in [1.807, 2.05) is 18.2 Å². The molecule has 6 unspecified atom stereocenters. The second-order valence-corrected chi connectivity index (χ2v) is 20.2. The molecule has 3 N–H and O–H groups in total. The second kappa shape index (κ2) is 55.2. The van der Waals surface area contributed by atoms with Gasteiger partial charge in [-0.3, -0.25) is 14.4 Å². The molecule has 0 aromatic heterocycles. The van der Waals surface area contributed by atoms with E-state index in [-0.39, 0.29) is 25.9 Å². The average Bonchev–Trinajstić information content (AvgIpc) is 3.52. The van der Waals surface area contributed by atoms with Gasteiger partial charge >= 0.3 is 23.9 Å². The number of carbonyl (C=O) groups is 4. The van der Waals surface area contributed by atoms with Crippen molar-refractivity contribution in [3.05, 3.63) is 146 Å². The Morgan fingerprint density at radius 3 is 1.25 bits per heavy atom. The summed E-state index contributed by atoms with van der Waals surface area (Å²) in [7, 11) is 0. The SMILES string of the molecule is CC/C=C\C/C=C\C/C=C\C/C=C\C/C=C\CC(=O)OC(COC(=O)CCCCCC/C=C\C/C=C\C/C=C\C/C=C\CC)COC1OC(C(=O)O)C(O)C(O)C1OC(=O)CCCCCCCC/C=C\C/C=C\C/C=C\CCCCC. The first-order valence-electron chi connectivity index (χ1n) is 30.8. The number of carboxylic acid groups (broad SMARTS) is 1. The lowest BCUT2D eigenvalue weighted by Crippen LogP contribution is -2.61. The number of aliphatic hydroxyl groups is 2. The van der Waals surface area contributed by atoms with E-state index in [0.29, 0.717) is 19.3 Å². The highest BCUT2D eigenvalue weighted by atomic mass is 16.7. The fourth-order valence-corrected chi connectivity index (χ4v) is 8.26. The summed E-state index contributed by atoms with van der Waals surface area (Å²) in [5, 5.41) is 31.5. The zero-order chi connectivity index (χ0) is 58.9. The monoisotopic (exact) mass is 1130 g/mol. The van der Waals surface area contributed by atoms with Crippen LogP contribution < -0.4 is 0 Å². The number of carbonyl (C=O) groups excluding carboxylic acids is 3. The van der Waals surface area contributed by atoms with Crippen LogP contribution in [0.1, 0.15) is 213 Å². The van der Waals surface area contributed by atoms with E-state index >= 15 is 0 Å². The smallest absolute Gasteiger partial charge is 0.335 e. The summed E-state index contributed by atoms with van der Waals surface area (Å²) in [6.07, 6.45) is 66.9. The third kappa shape index (κ3) is 44.9. The van der Waals surface area contributed by atoms with Gasteiger partial charge < -0.3 is 39.0 Å². The van der Waals surface area contributed by atoms with Crippen LogP contribution in [0.15, 0.2) is 146 Å². The number of ether oxygens (including phenoxy) is 5. The first kappa shape index (κ1) is 73.6. The normalized spacial score (nSPS) is 18.8. The Hall–Kier alpha value is -5.40. The van der Waals surface area contributed by atoms with Crippen molar-refractivity contribution in [2.24, 2.45) is 0 Å². The summed E-state index contributed by atoms with van der Waals surface area (Å²) in [5.41, 5.74) is 0. The highest BCUT2D eigenvalue weighted by Gasteiger charge is 2.50. The van der Waals surface area contributed by atoms with E-state index in [1.54, 1.807) is 6.08 Å². The van der Waals surface area contributed by atoms with Gasteiger partial charge in [0.1, 0.15) is 18.8 Å². The minimum Gasteiger partial charge on any atom is -0.479 e. The van der Waals surface area contributed by atoms with Crippen LogP contribution in [0.4, 0.5) is 0 Å². The number of esters is 3. The van der Waals surface area contributed by atoms with Crippen LogP contribution in [-0.2, 0) is 42.9 Å². The number of hydrogen-bond acceptors (Lipinski definition) is 11. The number of allylic oxidation sites excluding steroid dienone is 23. The summed E-state index contributed by atoms with van der Waals surface area (Å²) in [5.74, 6) is -3.36. The van der Waals surface area contributed by atoms with Crippen molar-refractivity contribution in [2.75, 3.05) is 13.2 Å². The molecule has 0 aromatic carbocycles. The van der Waals surface area contributed by atoms with Crippen LogP contribution in [0.5, 0.6) is 0 Å². The molecule has 6 atom stereocenters. The molecule has 0 radical (unpaired) electrons. The highest BCUT2D eigenvalue weighted by molar-refractivity contribution is 5.74. The highest BCUT2D eigenvalue weighted by Crippen LogP contribution is 2.26. The first-order valence-corrected chi connectivity index (χ1v) is 30.8. The van der Waals surface area contributed by atoms with Gasteiger partial charge in [-0.15, -0.1) is 0 Å². The number of carboxylic acids is 1. The third-order valence-electron chi connectivity index (χ3n) is 12.9. The zero-order valence-corrected chi connectivity index (χ0v) is 50.0. The average molecular weight is 1130 g/mol. The lowest BCUT2D eigenvalue weighted by atomic mass is 9.98. The predicted molar refractivity (Wildman–Crippen MR) is 330 cm³/mol. The van der Waals surface area contributed by atoms with Crippen molar-refractivity contribution in [2.45, 2.75) is 250 Å². The lowest BCUT2D eigenvalue weighted by Gasteiger charge is -2.40. The molecule has 1 saturated heterocycles. The molecular formula is C69H106O12. The fourth-order valence-electron chi connectivity index (χ4n) is 8.26. The molecule has 0 saturated carbocycles. The molecule has 1 fully saturated rings. The van der Waals surface area contributed by atoms with Crippen LogP contribution >= 0.6 is 0 Å². The van der Waals surface area contributed by atoms with Gasteiger partial charge in [-0.25, -0.2) is 4.79 Å². The molecule has 0 spiro atoms. The van der Waals surface area contributed by atoms with Gasteiger partial charge in [0.15, 0.2) is 24.6 Å². The molecule has 454 valence electrons. The Morgan fingerprint density at radius 2 is 0.815 bits per heavy atom. The first-order chi connectivity index (χ1) is 39.6. The summed E-state index contributed by atoms with van der Waals surface area (Å²) in [6, 6.07) is 0. The molecule has 1 heterocycles. The van der Waals surface area contributed by atoms with E-state index in [9.17, 15) is 34.5 Å². The number of rotatable bonds is 50. The molecule has 0 bridgehead atoms. The minimum absolute atomic E-state index is 0.0244. The lowest BCUT2D eigenvalue weighted by molar-refractivity contribution is -0.301. The maximum Gasteiger partial charge on any atom is 0.335 e. The number of unbranched alkanes of at least 4 members (excludes halogenated alkanes) is 13. The van der Waals surface area contributed by atoms with Crippen LogP contribution in [0.2, 0.25) is 0 Å². The number of aliphatic hydroxyl groups excluding tert-OH is 2. The van der Waals surface area contributed by atoms with E-state index in [0.717, 1.165) is 135 Å². The summed E-state index contributed by atoms with van der Waals surface area (Å²) < 4.78 is 28.3. The van der Waals surface area contributed by atoms with Gasteiger partial charge in [0.05, 0.1) is 13.0 Å². The maximum absolute atomic E-state index is 13.1. The number of hydrogen-bond donors (Lipinski definition) is 3. The molecule has 0 aliphatic carbocycles. The number of aliphatic carboxylic acids is 1. The standard InChI is InChI=1S/C69H106O12/c1-4-7-10-13-16-19-22-25-28-30-31-33-36-39-42-45-48-51-54-57-63(72)80-67-65(74)64(73)66(68(75)76)81-69(67)78-59-60(79-62(71)56-53-50-47-44-41-38-34-27-24-21-18-15-12-9-6-3)58-77-61(70)55-52-49-46-43-40-37-35-32-29-26-23-20-17-14-11-8-5-2/h8-9,11-12,16-21,25-29,31,33-35,37,41,44,50,53,60,64-67,69,73-74H,4-7,10,13-15,22-24,30,32,36,38-40,42-43,45-49,51-52,54-59H2,1-3H3,(H,75,76)/b11-8-,12-9-,19-16-,20-17-,21-18-,28-25-,29-26-,33-31-,34-27-,37-35-,44-41-,53-50-. The molecular weight excluding hydrogens is 1020 g/mol. The minimum atomic E-state index is -1.93. The molecule has 12 nitrogen and oxygen atoms in total. The van der Waals surface area contributed by atoms with E-state index < -0.39 is 67.3 Å². The quantitative estimate of drug-likeness (QED) is 0.0228. The van der Waals surface area contributed by atoms with Crippen molar-refractivity contribution < 1.29 is 58.2 Å². The Labute approximate surface area is 489 Å². The molecule has 1 aliphatic rings. The van der Waals surface area contributed by atoms with Gasteiger partial charge in [-0.2, -0.15) is 0 Å². The summed E-state index contributed by atoms with van der Waals surface area (Å²) >= 11 is 0. The molecule has 12 heteroatoms. The van der Waals surface area contributed by atoms with Crippen LogP contribution in [0.25, 0.3) is 0 Å². The van der Waals surface area contributed by atoms with Crippen LogP contribution in [-0.4, -0.2) is 89.2 Å². The molecule has 0 amide bonds. The fraction of sp³-hybridized carbons (Fsp3) is 0.594. The van der Waals surface area contributed by atoms with Gasteiger partial charge in [0.2, 0.25) is 0 Å². The van der Waals surface area contributed by atoms with Crippen molar-refractivity contribution in [3.8, 4) is 0 Å². The topological polar surface area (TPSA) is 175 Å². The van der Waals surface area contributed by atoms with Gasteiger partial charge in [0.25, 0.3) is 0 Å². The van der Waals surface area contributed by atoms with E-state index in [1.165, 1.54) is 19.3 Å². The molecule has 0 aromatic rings. The van der Waals surface area contributed by atoms with Crippen molar-refractivity contribution in [1.82, 2.24) is 0 Å². The largest absolute Gasteiger partial charge is 0.479 e. The van der Waals surface area contributed by atoms with E-state index in [2.05, 4.69) is 142 Å². The van der Waals surface area contributed by atoms with Crippen molar-refractivity contribution >= 4 is 23.9 Å². The van der Waals surface area contributed by atoms with Gasteiger partial charge in [-0.05, 0) is 122 Å². The molecule has 1 aliphatic heterocycles. The summed E-state index contributed by atoms with van der Waals surface area (Å²) in [6.45, 7) is 5.62. The Balaban J connectivity index is 2.75. The predicted octanol–water partition coefficient (Wildman–Crippen LogP) is 16.3. The van der Waals surface area contributed by atoms with Gasteiger partial charge in [0, 0.05) is 12.8 Å². The van der Waals surface area contributed by atoms with Crippen molar-refractivity contribution in [3.63, 3.8) is 0 Å². The Bertz CT molecular complexity index is 1960. The van der Waals surface area contributed by atoms with Crippen molar-refractivity contribution in [1.29, 1.82) is 0 Å². The maximum atomic E-state index is 13.1. The zero-order valence-electron chi connectivity index (χ0n) is 50.0. The third-order valence-corrected chi connectivity index (χ3v) is 12.9. The molecule has 1 rings (SSSR count). The second-order valence-electron chi connectivity index (χ2n) is 20.2. The summed E-state index contributed by atoms with van der Waals surface area (Å²) in [4.78, 5) is 51.2. The Kier molecular flexibility index (Phi) is 50.1.